The standard InChI is InChI=1S/C16H12N6O2/c23-15(11-4-6-12(7-5-11)16-21-18-10-24-16)17-9-14-20-19-13-3-1-2-8-22(13)14/h1-8,10H,9H2,(H,17,23). The van der Waals surface area contributed by atoms with E-state index in [1.165, 1.54) is 6.39 Å². The number of hydrogen-bond donors (Lipinski definition) is 1. The molecule has 118 valence electrons. The topological polar surface area (TPSA) is 98.2 Å². The van der Waals surface area contributed by atoms with Crippen molar-refractivity contribution in [1.82, 2.24) is 30.1 Å². The molecule has 0 spiro atoms. The van der Waals surface area contributed by atoms with Gasteiger partial charge in [-0.2, -0.15) is 0 Å². The summed E-state index contributed by atoms with van der Waals surface area (Å²) < 4.78 is 6.95. The van der Waals surface area contributed by atoms with Crippen molar-refractivity contribution < 1.29 is 9.21 Å². The predicted octanol–water partition coefficient (Wildman–Crippen LogP) is 1.71. The van der Waals surface area contributed by atoms with Crippen LogP contribution in [0.5, 0.6) is 0 Å². The van der Waals surface area contributed by atoms with Crippen molar-refractivity contribution in [3.8, 4) is 11.5 Å². The third-order valence-electron chi connectivity index (χ3n) is 3.55. The fraction of sp³-hybridized carbons (Fsp3) is 0.0625. The number of nitrogens with zero attached hydrogens (tertiary/aromatic N) is 5. The van der Waals surface area contributed by atoms with E-state index in [1.807, 2.05) is 28.8 Å². The van der Waals surface area contributed by atoms with Gasteiger partial charge in [0.1, 0.15) is 0 Å². The zero-order chi connectivity index (χ0) is 16.4. The molecule has 1 N–H and O–H groups in total. The largest absolute Gasteiger partial charge is 0.423 e. The van der Waals surface area contributed by atoms with E-state index in [0.29, 0.717) is 17.3 Å². The maximum atomic E-state index is 12.3. The van der Waals surface area contributed by atoms with Crippen molar-refractivity contribution in [3.63, 3.8) is 0 Å². The molecule has 4 rings (SSSR count). The van der Waals surface area contributed by atoms with E-state index in [9.17, 15) is 4.79 Å². The molecule has 0 unspecified atom stereocenters. The lowest BCUT2D eigenvalue weighted by Gasteiger charge is -2.04. The van der Waals surface area contributed by atoms with Crippen LogP contribution in [-0.2, 0) is 6.54 Å². The highest BCUT2D eigenvalue weighted by atomic mass is 16.4. The fourth-order valence-electron chi connectivity index (χ4n) is 2.34. The number of carbonyl (C=O) groups is 1. The third kappa shape index (κ3) is 2.60. The quantitative estimate of drug-likeness (QED) is 0.614. The molecule has 8 nitrogen and oxygen atoms in total. The number of aromatic nitrogens is 5. The van der Waals surface area contributed by atoms with Gasteiger partial charge in [-0.25, -0.2) is 0 Å². The van der Waals surface area contributed by atoms with Gasteiger partial charge >= 0.3 is 0 Å². The highest BCUT2D eigenvalue weighted by molar-refractivity contribution is 5.94. The minimum absolute atomic E-state index is 0.195. The molecule has 1 aromatic carbocycles. The zero-order valence-electron chi connectivity index (χ0n) is 12.5. The molecule has 3 aromatic heterocycles. The van der Waals surface area contributed by atoms with Crippen molar-refractivity contribution in [2.45, 2.75) is 6.54 Å². The number of rotatable bonds is 4. The predicted molar refractivity (Wildman–Crippen MR) is 83.9 cm³/mol. The highest BCUT2D eigenvalue weighted by Crippen LogP contribution is 2.16. The normalized spacial score (nSPS) is 10.8. The van der Waals surface area contributed by atoms with Gasteiger partial charge in [-0.05, 0) is 36.4 Å². The molecule has 0 bridgehead atoms. The number of fused-ring (bicyclic) bond motifs is 1. The maximum absolute atomic E-state index is 12.3. The molecule has 0 saturated carbocycles. The van der Waals surface area contributed by atoms with Crippen LogP contribution in [0.2, 0.25) is 0 Å². The van der Waals surface area contributed by atoms with E-state index in [-0.39, 0.29) is 12.5 Å². The summed E-state index contributed by atoms with van der Waals surface area (Å²) in [4.78, 5) is 12.3. The molecule has 0 atom stereocenters. The Kier molecular flexibility index (Phi) is 3.47. The maximum Gasteiger partial charge on any atom is 0.251 e. The number of hydrogen-bond acceptors (Lipinski definition) is 6. The van der Waals surface area contributed by atoms with Gasteiger partial charge < -0.3 is 9.73 Å². The average molecular weight is 320 g/mol. The molecule has 3 heterocycles. The first-order valence-electron chi connectivity index (χ1n) is 7.25. The minimum Gasteiger partial charge on any atom is -0.423 e. The molecular formula is C16H12N6O2. The molecule has 0 saturated heterocycles. The van der Waals surface area contributed by atoms with E-state index in [4.69, 9.17) is 4.42 Å². The fourth-order valence-corrected chi connectivity index (χ4v) is 2.34. The summed E-state index contributed by atoms with van der Waals surface area (Å²) in [5.74, 6) is 0.887. The lowest BCUT2D eigenvalue weighted by atomic mass is 10.1. The van der Waals surface area contributed by atoms with E-state index in [2.05, 4.69) is 25.7 Å². The van der Waals surface area contributed by atoms with Gasteiger partial charge in [0.15, 0.2) is 11.5 Å². The molecule has 0 fully saturated rings. The summed E-state index contributed by atoms with van der Waals surface area (Å²) in [7, 11) is 0. The Bertz CT molecular complexity index is 975. The van der Waals surface area contributed by atoms with Crippen LogP contribution in [-0.4, -0.2) is 30.7 Å². The summed E-state index contributed by atoms with van der Waals surface area (Å²) in [6, 6.07) is 12.6. The van der Waals surface area contributed by atoms with Crippen molar-refractivity contribution in [1.29, 1.82) is 0 Å². The Balaban J connectivity index is 1.46. The summed E-state index contributed by atoms with van der Waals surface area (Å²) in [6.45, 7) is 0.287. The number of amides is 1. The zero-order valence-corrected chi connectivity index (χ0v) is 12.5. The number of pyridine rings is 1. The van der Waals surface area contributed by atoms with E-state index in [1.54, 1.807) is 24.3 Å². The molecule has 0 radical (unpaired) electrons. The smallest absolute Gasteiger partial charge is 0.251 e. The Morgan fingerprint density at radius 3 is 2.75 bits per heavy atom. The Hall–Kier alpha value is -3.55. The van der Waals surface area contributed by atoms with Crippen LogP contribution in [0.15, 0.2) is 59.5 Å². The van der Waals surface area contributed by atoms with Crippen LogP contribution >= 0.6 is 0 Å². The van der Waals surface area contributed by atoms with Crippen LogP contribution < -0.4 is 5.32 Å². The summed E-state index contributed by atoms with van der Waals surface area (Å²) in [5.41, 5.74) is 2.03. The number of benzene rings is 1. The molecule has 4 aromatic rings. The van der Waals surface area contributed by atoms with Gasteiger partial charge in [0.05, 0.1) is 6.54 Å². The first-order chi connectivity index (χ1) is 11.8. The monoisotopic (exact) mass is 320 g/mol. The van der Waals surface area contributed by atoms with Gasteiger partial charge in [-0.1, -0.05) is 6.07 Å². The van der Waals surface area contributed by atoms with Crippen molar-refractivity contribution in [3.05, 3.63) is 66.4 Å². The van der Waals surface area contributed by atoms with Crippen LogP contribution in [0.3, 0.4) is 0 Å². The van der Waals surface area contributed by atoms with E-state index < -0.39 is 0 Å². The lowest BCUT2D eigenvalue weighted by molar-refractivity contribution is 0.0950. The molecular weight excluding hydrogens is 308 g/mol. The summed E-state index contributed by atoms with van der Waals surface area (Å²) in [5, 5.41) is 18.4. The Labute approximate surface area is 136 Å². The Morgan fingerprint density at radius 2 is 1.96 bits per heavy atom. The molecule has 24 heavy (non-hydrogen) atoms. The van der Waals surface area contributed by atoms with Gasteiger partial charge in [0, 0.05) is 17.3 Å². The first kappa shape index (κ1) is 14.1. The second-order valence-corrected chi connectivity index (χ2v) is 5.05. The summed E-state index contributed by atoms with van der Waals surface area (Å²) in [6.07, 6.45) is 3.12. The van der Waals surface area contributed by atoms with Crippen LogP contribution in [0.4, 0.5) is 0 Å². The van der Waals surface area contributed by atoms with Crippen LogP contribution in [0.25, 0.3) is 17.1 Å². The SMILES string of the molecule is O=C(NCc1nnc2ccccn12)c1ccc(-c2nnco2)cc1. The molecule has 0 aliphatic rings. The average Bonchev–Trinajstić information content (AvgIpc) is 3.30. The minimum atomic E-state index is -0.195. The first-order valence-corrected chi connectivity index (χ1v) is 7.25. The van der Waals surface area contributed by atoms with Crippen LogP contribution in [0, 0.1) is 0 Å². The molecule has 1 amide bonds. The Morgan fingerprint density at radius 1 is 1.08 bits per heavy atom. The lowest BCUT2D eigenvalue weighted by Crippen LogP contribution is -2.23. The van der Waals surface area contributed by atoms with Gasteiger partial charge in [-0.3, -0.25) is 9.20 Å². The molecule has 0 aliphatic heterocycles. The van der Waals surface area contributed by atoms with Crippen molar-refractivity contribution in [2.24, 2.45) is 0 Å². The highest BCUT2D eigenvalue weighted by Gasteiger charge is 2.10. The van der Waals surface area contributed by atoms with Gasteiger partial charge in [-0.15, -0.1) is 20.4 Å². The third-order valence-corrected chi connectivity index (χ3v) is 3.55. The van der Waals surface area contributed by atoms with E-state index in [0.717, 1.165) is 11.2 Å². The summed E-state index contributed by atoms with van der Waals surface area (Å²) >= 11 is 0. The van der Waals surface area contributed by atoms with Crippen LogP contribution in [0.1, 0.15) is 16.2 Å². The van der Waals surface area contributed by atoms with Gasteiger partial charge in [0.25, 0.3) is 5.91 Å². The van der Waals surface area contributed by atoms with E-state index >= 15 is 0 Å². The second-order valence-electron chi connectivity index (χ2n) is 5.05. The van der Waals surface area contributed by atoms with Crippen molar-refractivity contribution >= 4 is 11.6 Å². The second kappa shape index (κ2) is 5.92. The van der Waals surface area contributed by atoms with Gasteiger partial charge in [0.2, 0.25) is 12.3 Å². The molecule has 8 heteroatoms. The van der Waals surface area contributed by atoms with Crippen molar-refractivity contribution in [2.75, 3.05) is 0 Å². The number of carbonyl (C=O) groups excluding carboxylic acids is 1. The number of nitrogens with one attached hydrogen (secondary N) is 1. The molecule has 0 aliphatic carbocycles.